The average molecular weight is 628 g/mol. The maximum Gasteiger partial charge on any atom is 0.264 e. The quantitative estimate of drug-likeness (QED) is 0.169. The molecule has 0 bridgehead atoms. The number of aryl methyl sites for hydroxylation is 1. The van der Waals surface area contributed by atoms with Crippen LogP contribution in [-0.4, -0.2) is 51.4 Å². The van der Waals surface area contributed by atoms with E-state index in [1.807, 2.05) is 80.6 Å². The summed E-state index contributed by atoms with van der Waals surface area (Å²) in [4.78, 5) is 29.9. The summed E-state index contributed by atoms with van der Waals surface area (Å²) in [6.07, 6.45) is 1.96. The van der Waals surface area contributed by atoms with Gasteiger partial charge in [-0.15, -0.1) is 0 Å². The van der Waals surface area contributed by atoms with E-state index in [4.69, 9.17) is 4.74 Å². The monoisotopic (exact) mass is 627 g/mol. The number of ether oxygens (including phenoxy) is 1. The molecule has 0 fully saturated rings. The summed E-state index contributed by atoms with van der Waals surface area (Å²) in [6, 6.07) is 31.2. The number of amides is 2. The molecule has 0 saturated heterocycles. The number of rotatable bonds is 15. The van der Waals surface area contributed by atoms with E-state index in [2.05, 4.69) is 5.32 Å². The van der Waals surface area contributed by atoms with Crippen LogP contribution in [0.5, 0.6) is 5.75 Å². The van der Waals surface area contributed by atoms with Crippen molar-refractivity contribution >= 4 is 27.5 Å². The molecule has 0 aromatic heterocycles. The third kappa shape index (κ3) is 8.73. The SMILES string of the molecule is CCCCNC(=O)[C@H](Cc1ccccc1)N(Cc1ccccc1)C(=O)CN(c1cc(C)ccc1OC)S(=O)(=O)c1ccccc1. The number of carbonyl (C=O) groups is 2. The zero-order valence-electron chi connectivity index (χ0n) is 26.1. The molecule has 0 heterocycles. The normalized spacial score (nSPS) is 11.8. The first-order chi connectivity index (χ1) is 21.7. The van der Waals surface area contributed by atoms with E-state index in [0.29, 0.717) is 12.3 Å². The van der Waals surface area contributed by atoms with Crippen LogP contribution in [0.15, 0.2) is 114 Å². The van der Waals surface area contributed by atoms with Gasteiger partial charge >= 0.3 is 0 Å². The van der Waals surface area contributed by atoms with E-state index in [9.17, 15) is 18.0 Å². The maximum absolute atomic E-state index is 14.6. The third-order valence-electron chi connectivity index (χ3n) is 7.51. The Kier molecular flexibility index (Phi) is 11.8. The van der Waals surface area contributed by atoms with Gasteiger partial charge in [-0.05, 0) is 54.3 Å². The topological polar surface area (TPSA) is 96.0 Å². The van der Waals surface area contributed by atoms with Gasteiger partial charge in [-0.25, -0.2) is 8.42 Å². The summed E-state index contributed by atoms with van der Waals surface area (Å²) < 4.78 is 35.1. The lowest BCUT2D eigenvalue weighted by Crippen LogP contribution is -2.53. The molecule has 0 aliphatic carbocycles. The molecule has 1 atom stereocenters. The van der Waals surface area contributed by atoms with Gasteiger partial charge < -0.3 is 15.0 Å². The van der Waals surface area contributed by atoms with Crippen molar-refractivity contribution in [1.82, 2.24) is 10.2 Å². The number of benzene rings is 4. The number of nitrogens with zero attached hydrogens (tertiary/aromatic N) is 2. The highest BCUT2D eigenvalue weighted by Crippen LogP contribution is 2.34. The van der Waals surface area contributed by atoms with Crippen LogP contribution in [-0.2, 0) is 32.6 Å². The van der Waals surface area contributed by atoms with Crippen LogP contribution in [0.2, 0.25) is 0 Å². The Hall–Kier alpha value is -4.63. The molecule has 4 rings (SSSR count). The molecule has 0 aliphatic rings. The average Bonchev–Trinajstić information content (AvgIpc) is 3.06. The lowest BCUT2D eigenvalue weighted by atomic mass is 10.0. The standard InChI is InChI=1S/C36H41N3O5S/c1-4-5-23-37-36(41)33(25-29-15-9-6-10-16-29)38(26-30-17-11-7-12-18-30)35(40)27-39(32-24-28(2)21-22-34(32)44-3)45(42,43)31-19-13-8-14-20-31/h6-22,24,33H,4-5,23,25-27H2,1-3H3,(H,37,41)/t33-/m0/s1. The van der Waals surface area contributed by atoms with Gasteiger partial charge in [0.15, 0.2) is 0 Å². The molecule has 0 spiro atoms. The van der Waals surface area contributed by atoms with Crippen LogP contribution >= 0.6 is 0 Å². The highest BCUT2D eigenvalue weighted by atomic mass is 32.2. The van der Waals surface area contributed by atoms with Crippen LogP contribution in [0.4, 0.5) is 5.69 Å². The zero-order chi connectivity index (χ0) is 32.2. The Morgan fingerprint density at radius 3 is 2.04 bits per heavy atom. The van der Waals surface area contributed by atoms with Gasteiger partial charge in [-0.1, -0.05) is 98.3 Å². The van der Waals surface area contributed by atoms with Crippen molar-refractivity contribution in [3.05, 3.63) is 126 Å². The largest absolute Gasteiger partial charge is 0.495 e. The highest BCUT2D eigenvalue weighted by Gasteiger charge is 2.35. The summed E-state index contributed by atoms with van der Waals surface area (Å²) in [5.41, 5.74) is 2.73. The molecule has 8 nitrogen and oxygen atoms in total. The van der Waals surface area contributed by atoms with Crippen molar-refractivity contribution < 1.29 is 22.7 Å². The lowest BCUT2D eigenvalue weighted by molar-refractivity contribution is -0.140. The molecule has 0 radical (unpaired) electrons. The molecular weight excluding hydrogens is 586 g/mol. The molecule has 45 heavy (non-hydrogen) atoms. The van der Waals surface area contributed by atoms with E-state index in [0.717, 1.165) is 33.8 Å². The molecule has 2 amide bonds. The second-order valence-corrected chi connectivity index (χ2v) is 12.7. The van der Waals surface area contributed by atoms with Gasteiger partial charge in [0, 0.05) is 19.5 Å². The Balaban J connectivity index is 1.81. The Bertz CT molecular complexity index is 1650. The van der Waals surface area contributed by atoms with E-state index in [-0.39, 0.29) is 29.5 Å². The number of nitrogens with one attached hydrogen (secondary N) is 1. The summed E-state index contributed by atoms with van der Waals surface area (Å²) >= 11 is 0. The summed E-state index contributed by atoms with van der Waals surface area (Å²) in [6.45, 7) is 3.93. The molecule has 0 unspecified atom stereocenters. The number of hydrogen-bond donors (Lipinski definition) is 1. The molecule has 4 aromatic rings. The van der Waals surface area contributed by atoms with Gasteiger partial charge in [0.25, 0.3) is 10.0 Å². The van der Waals surface area contributed by atoms with Crippen molar-refractivity contribution in [2.24, 2.45) is 0 Å². The fourth-order valence-electron chi connectivity index (χ4n) is 5.07. The third-order valence-corrected chi connectivity index (χ3v) is 9.28. The molecular formula is C36H41N3O5S. The number of carbonyl (C=O) groups excluding carboxylic acids is 2. The Labute approximate surface area is 266 Å². The molecule has 0 aliphatic heterocycles. The number of unbranched alkanes of at least 4 members (excludes halogenated alkanes) is 1. The second kappa shape index (κ2) is 15.9. The number of methoxy groups -OCH3 is 1. The van der Waals surface area contributed by atoms with Crippen LogP contribution in [0.1, 0.15) is 36.5 Å². The van der Waals surface area contributed by atoms with Gasteiger partial charge in [0.1, 0.15) is 18.3 Å². The minimum absolute atomic E-state index is 0.0362. The second-order valence-electron chi connectivity index (χ2n) is 10.9. The summed E-state index contributed by atoms with van der Waals surface area (Å²) in [5, 5.41) is 3.01. The van der Waals surface area contributed by atoms with Gasteiger partial charge in [0.05, 0.1) is 17.7 Å². The molecule has 0 saturated carbocycles. The fourth-order valence-corrected chi connectivity index (χ4v) is 6.51. The van der Waals surface area contributed by atoms with E-state index in [1.165, 1.54) is 24.1 Å². The zero-order valence-corrected chi connectivity index (χ0v) is 26.9. The van der Waals surface area contributed by atoms with Crippen LogP contribution < -0.4 is 14.4 Å². The minimum Gasteiger partial charge on any atom is -0.495 e. The highest BCUT2D eigenvalue weighted by molar-refractivity contribution is 7.92. The van der Waals surface area contributed by atoms with Crippen molar-refractivity contribution in [3.8, 4) is 5.75 Å². The Morgan fingerprint density at radius 1 is 0.844 bits per heavy atom. The number of hydrogen-bond acceptors (Lipinski definition) is 5. The maximum atomic E-state index is 14.6. The van der Waals surface area contributed by atoms with Crippen molar-refractivity contribution in [2.75, 3.05) is 24.5 Å². The number of sulfonamides is 1. The van der Waals surface area contributed by atoms with E-state index >= 15 is 0 Å². The molecule has 4 aromatic carbocycles. The van der Waals surface area contributed by atoms with Crippen molar-refractivity contribution in [2.45, 2.75) is 50.6 Å². The van der Waals surface area contributed by atoms with Crippen molar-refractivity contribution in [1.29, 1.82) is 0 Å². The lowest BCUT2D eigenvalue weighted by Gasteiger charge is -2.34. The number of anilines is 1. The van der Waals surface area contributed by atoms with E-state index in [1.54, 1.807) is 30.3 Å². The smallest absolute Gasteiger partial charge is 0.264 e. The first kappa shape index (κ1) is 33.3. The predicted octanol–water partition coefficient (Wildman–Crippen LogP) is 5.76. The van der Waals surface area contributed by atoms with Gasteiger partial charge in [-0.2, -0.15) is 0 Å². The predicted molar refractivity (Wildman–Crippen MR) is 178 cm³/mol. The first-order valence-corrected chi connectivity index (χ1v) is 16.6. The van der Waals surface area contributed by atoms with Gasteiger partial charge in [-0.3, -0.25) is 13.9 Å². The van der Waals surface area contributed by atoms with Crippen molar-refractivity contribution in [3.63, 3.8) is 0 Å². The van der Waals surface area contributed by atoms with Crippen LogP contribution in [0, 0.1) is 6.92 Å². The fraction of sp³-hybridized carbons (Fsp3) is 0.278. The van der Waals surface area contributed by atoms with Crippen LogP contribution in [0.25, 0.3) is 0 Å². The molecule has 1 N–H and O–H groups in total. The first-order valence-electron chi connectivity index (χ1n) is 15.1. The van der Waals surface area contributed by atoms with E-state index < -0.39 is 28.5 Å². The van der Waals surface area contributed by atoms with Crippen LogP contribution in [0.3, 0.4) is 0 Å². The Morgan fingerprint density at radius 2 is 1.44 bits per heavy atom. The van der Waals surface area contributed by atoms with Gasteiger partial charge in [0.2, 0.25) is 11.8 Å². The molecule has 236 valence electrons. The summed E-state index contributed by atoms with van der Waals surface area (Å²) in [5.74, 6) is -0.503. The summed E-state index contributed by atoms with van der Waals surface area (Å²) in [7, 11) is -2.76. The minimum atomic E-state index is -4.22. The molecule has 9 heteroatoms.